The van der Waals surface area contributed by atoms with Crippen molar-refractivity contribution in [2.75, 3.05) is 11.9 Å². The van der Waals surface area contributed by atoms with E-state index in [0.717, 1.165) is 11.3 Å². The SMILES string of the molecule is O=C1CC(C(=O)NCCc2ccccc2)C2C(=O)NC(Nc3ccc(Cl)cc3)NC2N1. The van der Waals surface area contributed by atoms with Crippen LogP contribution in [0.25, 0.3) is 0 Å². The zero-order chi connectivity index (χ0) is 21.8. The van der Waals surface area contributed by atoms with E-state index in [4.69, 9.17) is 11.6 Å². The van der Waals surface area contributed by atoms with Crippen LogP contribution in [0.3, 0.4) is 0 Å². The Bertz CT molecular complexity index is 953. The quantitative estimate of drug-likeness (QED) is 0.462. The summed E-state index contributed by atoms with van der Waals surface area (Å²) in [7, 11) is 0. The fraction of sp³-hybridized carbons (Fsp3) is 0.318. The van der Waals surface area contributed by atoms with Crippen LogP contribution in [0.15, 0.2) is 54.6 Å². The van der Waals surface area contributed by atoms with Gasteiger partial charge in [0.25, 0.3) is 0 Å². The molecule has 2 fully saturated rings. The van der Waals surface area contributed by atoms with E-state index in [9.17, 15) is 14.4 Å². The van der Waals surface area contributed by atoms with Crippen molar-refractivity contribution in [1.82, 2.24) is 21.3 Å². The highest BCUT2D eigenvalue weighted by Gasteiger charge is 2.48. The minimum absolute atomic E-state index is 0.0251. The number of halogens is 1. The van der Waals surface area contributed by atoms with Crippen molar-refractivity contribution in [3.8, 4) is 0 Å². The number of hydrogen-bond donors (Lipinski definition) is 5. The van der Waals surface area contributed by atoms with Gasteiger partial charge in [-0.25, -0.2) is 0 Å². The molecule has 2 heterocycles. The number of amides is 3. The maximum atomic E-state index is 12.9. The van der Waals surface area contributed by atoms with Crippen LogP contribution in [0.4, 0.5) is 5.69 Å². The highest BCUT2D eigenvalue weighted by Crippen LogP contribution is 2.27. The standard InChI is InChI=1S/C22H24ClN5O3/c23-14-6-8-15(9-7-14)25-22-27-19-18(21(31)28-22)16(12-17(29)26-19)20(30)24-11-10-13-4-2-1-3-5-13/h1-9,16,18-19,22,25,27H,10-12H2,(H,24,30)(H,26,29)(H,28,31). The van der Waals surface area contributed by atoms with Crippen LogP contribution in [0.5, 0.6) is 0 Å². The van der Waals surface area contributed by atoms with E-state index in [2.05, 4.69) is 26.6 Å². The maximum Gasteiger partial charge on any atom is 0.229 e. The van der Waals surface area contributed by atoms with Crippen LogP contribution in [0, 0.1) is 11.8 Å². The lowest BCUT2D eigenvalue weighted by Crippen LogP contribution is -2.72. The molecule has 9 heteroatoms. The Labute approximate surface area is 185 Å². The van der Waals surface area contributed by atoms with Gasteiger partial charge in [-0.3, -0.25) is 19.7 Å². The summed E-state index contributed by atoms with van der Waals surface area (Å²) in [6, 6.07) is 16.8. The van der Waals surface area contributed by atoms with E-state index in [1.165, 1.54) is 0 Å². The average molecular weight is 442 g/mol. The van der Waals surface area contributed by atoms with Crippen LogP contribution in [0.1, 0.15) is 12.0 Å². The second kappa shape index (κ2) is 9.36. The molecule has 4 rings (SSSR count). The van der Waals surface area contributed by atoms with Crippen LogP contribution in [-0.2, 0) is 20.8 Å². The molecule has 162 valence electrons. The van der Waals surface area contributed by atoms with Gasteiger partial charge in [0.1, 0.15) is 0 Å². The number of carbonyl (C=O) groups is 3. The largest absolute Gasteiger partial charge is 0.355 e. The minimum atomic E-state index is -0.737. The highest BCUT2D eigenvalue weighted by molar-refractivity contribution is 6.30. The molecule has 0 aromatic heterocycles. The number of piperidine rings is 1. The van der Waals surface area contributed by atoms with Crippen molar-refractivity contribution in [1.29, 1.82) is 0 Å². The Morgan fingerprint density at radius 2 is 1.77 bits per heavy atom. The second-order valence-corrected chi connectivity index (χ2v) is 8.10. The summed E-state index contributed by atoms with van der Waals surface area (Å²) in [5.74, 6) is -2.28. The predicted molar refractivity (Wildman–Crippen MR) is 117 cm³/mol. The Balaban J connectivity index is 1.38. The molecule has 31 heavy (non-hydrogen) atoms. The van der Waals surface area contributed by atoms with Crippen LogP contribution in [0.2, 0.25) is 5.02 Å². The van der Waals surface area contributed by atoms with Crippen molar-refractivity contribution in [3.05, 3.63) is 65.2 Å². The molecule has 3 amide bonds. The third-order valence-electron chi connectivity index (χ3n) is 5.50. The van der Waals surface area contributed by atoms with Crippen molar-refractivity contribution in [2.45, 2.75) is 25.3 Å². The van der Waals surface area contributed by atoms with E-state index >= 15 is 0 Å². The molecule has 4 unspecified atom stereocenters. The van der Waals surface area contributed by atoms with Gasteiger partial charge in [0, 0.05) is 23.7 Å². The summed E-state index contributed by atoms with van der Waals surface area (Å²) < 4.78 is 0. The summed E-state index contributed by atoms with van der Waals surface area (Å²) in [4.78, 5) is 37.9. The van der Waals surface area contributed by atoms with E-state index in [0.29, 0.717) is 18.0 Å². The molecule has 0 saturated carbocycles. The van der Waals surface area contributed by atoms with Crippen LogP contribution in [-0.4, -0.2) is 36.7 Å². The molecule has 2 aromatic carbocycles. The van der Waals surface area contributed by atoms with Gasteiger partial charge in [-0.15, -0.1) is 0 Å². The molecule has 0 radical (unpaired) electrons. The number of carbonyl (C=O) groups excluding carboxylic acids is 3. The molecule has 4 atom stereocenters. The fourth-order valence-electron chi connectivity index (χ4n) is 3.97. The molecule has 0 spiro atoms. The summed E-state index contributed by atoms with van der Waals surface area (Å²) in [5.41, 5.74) is 1.85. The fourth-order valence-corrected chi connectivity index (χ4v) is 4.10. The Hall–Kier alpha value is -3.10. The Morgan fingerprint density at radius 3 is 2.52 bits per heavy atom. The first-order valence-electron chi connectivity index (χ1n) is 10.2. The van der Waals surface area contributed by atoms with Gasteiger partial charge in [0.2, 0.25) is 17.7 Å². The zero-order valence-electron chi connectivity index (χ0n) is 16.7. The molecule has 2 saturated heterocycles. The molecule has 2 aliphatic rings. The highest BCUT2D eigenvalue weighted by atomic mass is 35.5. The summed E-state index contributed by atoms with van der Waals surface area (Å²) in [6.45, 7) is 0.439. The number of anilines is 1. The lowest BCUT2D eigenvalue weighted by molar-refractivity contribution is -0.146. The molecular weight excluding hydrogens is 418 g/mol. The first kappa shape index (κ1) is 21.1. The first-order valence-corrected chi connectivity index (χ1v) is 10.6. The van der Waals surface area contributed by atoms with Gasteiger partial charge in [-0.05, 0) is 36.2 Å². The second-order valence-electron chi connectivity index (χ2n) is 7.67. The van der Waals surface area contributed by atoms with Gasteiger partial charge < -0.3 is 21.3 Å². The van der Waals surface area contributed by atoms with Gasteiger partial charge >= 0.3 is 0 Å². The third-order valence-corrected chi connectivity index (χ3v) is 5.75. The number of hydrogen-bond acceptors (Lipinski definition) is 5. The van der Waals surface area contributed by atoms with Crippen molar-refractivity contribution in [2.24, 2.45) is 11.8 Å². The van der Waals surface area contributed by atoms with Crippen molar-refractivity contribution in [3.63, 3.8) is 0 Å². The van der Waals surface area contributed by atoms with Gasteiger partial charge in [0.15, 0.2) is 6.29 Å². The molecule has 0 bridgehead atoms. The van der Waals surface area contributed by atoms with Gasteiger partial charge in [-0.2, -0.15) is 0 Å². The van der Waals surface area contributed by atoms with Crippen molar-refractivity contribution < 1.29 is 14.4 Å². The molecular formula is C22H24ClN5O3. The zero-order valence-corrected chi connectivity index (χ0v) is 17.5. The number of nitrogens with one attached hydrogen (secondary N) is 5. The number of rotatable bonds is 6. The molecule has 8 nitrogen and oxygen atoms in total. The van der Waals surface area contributed by atoms with Gasteiger partial charge in [-0.1, -0.05) is 41.9 Å². The van der Waals surface area contributed by atoms with E-state index < -0.39 is 24.3 Å². The monoisotopic (exact) mass is 441 g/mol. The van der Waals surface area contributed by atoms with E-state index in [1.54, 1.807) is 24.3 Å². The molecule has 5 N–H and O–H groups in total. The van der Waals surface area contributed by atoms with Crippen LogP contribution >= 0.6 is 11.6 Å². The molecule has 0 aliphatic carbocycles. The number of fused-ring (bicyclic) bond motifs is 1. The number of benzene rings is 2. The molecule has 2 aromatic rings. The summed E-state index contributed by atoms with van der Waals surface area (Å²) in [5, 5.41) is 15.4. The summed E-state index contributed by atoms with van der Waals surface area (Å²) >= 11 is 5.90. The Morgan fingerprint density at radius 1 is 1.03 bits per heavy atom. The normalized spacial score (nSPS) is 25.1. The van der Waals surface area contributed by atoms with Crippen molar-refractivity contribution >= 4 is 35.0 Å². The van der Waals surface area contributed by atoms with Crippen LogP contribution < -0.4 is 26.6 Å². The van der Waals surface area contributed by atoms with E-state index in [-0.39, 0.29) is 24.1 Å². The average Bonchev–Trinajstić information content (AvgIpc) is 2.75. The lowest BCUT2D eigenvalue weighted by Gasteiger charge is -2.43. The third kappa shape index (κ3) is 5.15. The van der Waals surface area contributed by atoms with E-state index in [1.807, 2.05) is 30.3 Å². The summed E-state index contributed by atoms with van der Waals surface area (Å²) in [6.07, 6.45) is -0.598. The Kier molecular flexibility index (Phi) is 6.39. The minimum Gasteiger partial charge on any atom is -0.355 e. The van der Waals surface area contributed by atoms with Gasteiger partial charge in [0.05, 0.1) is 18.0 Å². The first-order chi connectivity index (χ1) is 15.0. The smallest absolute Gasteiger partial charge is 0.229 e. The molecule has 2 aliphatic heterocycles. The topological polar surface area (TPSA) is 111 Å². The lowest BCUT2D eigenvalue weighted by atomic mass is 9.81. The predicted octanol–water partition coefficient (Wildman–Crippen LogP) is 1.19. The maximum absolute atomic E-state index is 12.9.